The molecule has 18 heavy (non-hydrogen) atoms. The summed E-state index contributed by atoms with van der Waals surface area (Å²) in [6.07, 6.45) is 0. The summed E-state index contributed by atoms with van der Waals surface area (Å²) in [7, 11) is 0. The van der Waals surface area contributed by atoms with Crippen molar-refractivity contribution in [3.63, 3.8) is 0 Å². The van der Waals surface area contributed by atoms with Crippen LogP contribution in [0, 0.1) is 20.8 Å². The molecule has 0 aliphatic heterocycles. The van der Waals surface area contributed by atoms with Gasteiger partial charge >= 0.3 is 0 Å². The van der Waals surface area contributed by atoms with Crippen LogP contribution in [0.4, 0.5) is 5.95 Å². The van der Waals surface area contributed by atoms with Gasteiger partial charge in [0, 0.05) is 29.2 Å². The minimum Gasteiger partial charge on any atom is -0.354 e. The zero-order chi connectivity index (χ0) is 13.1. The molecule has 0 aliphatic rings. The Kier molecular flexibility index (Phi) is 3.55. The molecule has 2 rings (SSSR count). The Balaban J connectivity index is 2.49. The summed E-state index contributed by atoms with van der Waals surface area (Å²) in [6, 6.07) is 6.09. The Morgan fingerprint density at radius 3 is 2.11 bits per heavy atom. The summed E-state index contributed by atoms with van der Waals surface area (Å²) < 4.78 is 0. The standard InChI is InChI=1S/C14H18N4/c1-5-15-14-17-11(4)8-13(18-14)12-6-9(2)16-10(3)7-12/h6-8H,5H2,1-4H3,(H,15,17,18). The van der Waals surface area contributed by atoms with Crippen LogP contribution in [0.25, 0.3) is 11.3 Å². The molecule has 4 nitrogen and oxygen atoms in total. The molecule has 4 heteroatoms. The lowest BCUT2D eigenvalue weighted by Gasteiger charge is -2.08. The van der Waals surface area contributed by atoms with Crippen molar-refractivity contribution in [3.05, 3.63) is 35.3 Å². The Labute approximate surface area is 108 Å². The molecule has 0 amide bonds. The number of nitrogens with one attached hydrogen (secondary N) is 1. The van der Waals surface area contributed by atoms with Crippen LogP contribution in [0.5, 0.6) is 0 Å². The van der Waals surface area contributed by atoms with E-state index in [0.717, 1.165) is 34.9 Å². The number of hydrogen-bond donors (Lipinski definition) is 1. The molecule has 0 saturated heterocycles. The maximum Gasteiger partial charge on any atom is 0.223 e. The molecule has 94 valence electrons. The fourth-order valence-electron chi connectivity index (χ4n) is 1.94. The zero-order valence-electron chi connectivity index (χ0n) is 11.3. The van der Waals surface area contributed by atoms with Gasteiger partial charge in [0.1, 0.15) is 0 Å². The Morgan fingerprint density at radius 2 is 1.50 bits per heavy atom. The van der Waals surface area contributed by atoms with Gasteiger partial charge in [-0.25, -0.2) is 9.97 Å². The zero-order valence-corrected chi connectivity index (χ0v) is 11.3. The quantitative estimate of drug-likeness (QED) is 0.899. The molecule has 0 spiro atoms. The van der Waals surface area contributed by atoms with Crippen molar-refractivity contribution in [2.24, 2.45) is 0 Å². The fourth-order valence-corrected chi connectivity index (χ4v) is 1.94. The highest BCUT2D eigenvalue weighted by molar-refractivity contribution is 5.61. The van der Waals surface area contributed by atoms with Crippen molar-refractivity contribution in [1.29, 1.82) is 0 Å². The summed E-state index contributed by atoms with van der Waals surface area (Å²) >= 11 is 0. The lowest BCUT2D eigenvalue weighted by molar-refractivity contribution is 1.05. The van der Waals surface area contributed by atoms with E-state index < -0.39 is 0 Å². The molecule has 2 aromatic heterocycles. The monoisotopic (exact) mass is 242 g/mol. The van der Waals surface area contributed by atoms with E-state index in [1.54, 1.807) is 0 Å². The normalized spacial score (nSPS) is 10.4. The van der Waals surface area contributed by atoms with E-state index in [4.69, 9.17) is 0 Å². The van der Waals surface area contributed by atoms with E-state index in [1.165, 1.54) is 0 Å². The molecule has 0 saturated carbocycles. The maximum atomic E-state index is 4.53. The summed E-state index contributed by atoms with van der Waals surface area (Å²) in [6.45, 7) is 8.82. The second kappa shape index (κ2) is 5.12. The van der Waals surface area contributed by atoms with E-state index >= 15 is 0 Å². The summed E-state index contributed by atoms with van der Waals surface area (Å²) in [5.41, 5.74) is 5.00. The number of pyridine rings is 1. The first-order valence-electron chi connectivity index (χ1n) is 6.13. The van der Waals surface area contributed by atoms with Gasteiger partial charge in [-0.1, -0.05) is 0 Å². The van der Waals surface area contributed by atoms with Crippen LogP contribution >= 0.6 is 0 Å². The van der Waals surface area contributed by atoms with Crippen molar-refractivity contribution >= 4 is 5.95 Å². The van der Waals surface area contributed by atoms with Crippen LogP contribution in [0.3, 0.4) is 0 Å². The van der Waals surface area contributed by atoms with Gasteiger partial charge in [0.25, 0.3) is 0 Å². The number of anilines is 1. The van der Waals surface area contributed by atoms with Crippen LogP contribution in [0.1, 0.15) is 24.0 Å². The van der Waals surface area contributed by atoms with Gasteiger partial charge < -0.3 is 5.32 Å². The van der Waals surface area contributed by atoms with Gasteiger partial charge in [-0.3, -0.25) is 4.98 Å². The molecular weight excluding hydrogens is 224 g/mol. The first kappa shape index (κ1) is 12.5. The lowest BCUT2D eigenvalue weighted by atomic mass is 10.1. The average molecular weight is 242 g/mol. The number of aromatic nitrogens is 3. The van der Waals surface area contributed by atoms with Crippen molar-refractivity contribution in [3.8, 4) is 11.3 Å². The second-order valence-corrected chi connectivity index (χ2v) is 4.39. The van der Waals surface area contributed by atoms with Gasteiger partial charge in [-0.15, -0.1) is 0 Å². The number of nitrogens with zero attached hydrogens (tertiary/aromatic N) is 3. The average Bonchev–Trinajstić information content (AvgIpc) is 2.27. The Bertz CT molecular complexity index is 543. The third-order valence-corrected chi connectivity index (χ3v) is 2.57. The third-order valence-electron chi connectivity index (χ3n) is 2.57. The highest BCUT2D eigenvalue weighted by atomic mass is 15.1. The van der Waals surface area contributed by atoms with E-state index in [9.17, 15) is 0 Å². The summed E-state index contributed by atoms with van der Waals surface area (Å²) in [5, 5.41) is 3.15. The number of hydrogen-bond acceptors (Lipinski definition) is 4. The summed E-state index contributed by atoms with van der Waals surface area (Å²) in [5.74, 6) is 0.680. The van der Waals surface area contributed by atoms with Crippen LogP contribution in [-0.2, 0) is 0 Å². The molecule has 0 fully saturated rings. The van der Waals surface area contributed by atoms with Crippen molar-refractivity contribution < 1.29 is 0 Å². The number of rotatable bonds is 3. The van der Waals surface area contributed by atoms with E-state index in [-0.39, 0.29) is 0 Å². The summed E-state index contributed by atoms with van der Waals surface area (Å²) in [4.78, 5) is 13.3. The minimum atomic E-state index is 0.680. The SMILES string of the molecule is CCNc1nc(C)cc(-c2cc(C)nc(C)c2)n1. The van der Waals surface area contributed by atoms with E-state index in [0.29, 0.717) is 5.95 Å². The first-order valence-corrected chi connectivity index (χ1v) is 6.13. The van der Waals surface area contributed by atoms with Gasteiger partial charge in [-0.2, -0.15) is 0 Å². The van der Waals surface area contributed by atoms with Crippen molar-refractivity contribution in [1.82, 2.24) is 15.0 Å². The third kappa shape index (κ3) is 2.83. The lowest BCUT2D eigenvalue weighted by Crippen LogP contribution is -2.04. The molecule has 2 heterocycles. The maximum absolute atomic E-state index is 4.53. The van der Waals surface area contributed by atoms with E-state index in [2.05, 4.69) is 20.3 Å². The fraction of sp³-hybridized carbons (Fsp3) is 0.357. The number of aryl methyl sites for hydroxylation is 3. The predicted octanol–water partition coefficient (Wildman–Crippen LogP) is 2.90. The molecular formula is C14H18N4. The highest BCUT2D eigenvalue weighted by Gasteiger charge is 2.05. The van der Waals surface area contributed by atoms with Crippen LogP contribution in [-0.4, -0.2) is 21.5 Å². The Morgan fingerprint density at radius 1 is 0.889 bits per heavy atom. The molecule has 0 bridgehead atoms. The Hall–Kier alpha value is -1.97. The van der Waals surface area contributed by atoms with Gasteiger partial charge in [0.2, 0.25) is 5.95 Å². The smallest absolute Gasteiger partial charge is 0.223 e. The highest BCUT2D eigenvalue weighted by Crippen LogP contribution is 2.20. The van der Waals surface area contributed by atoms with Crippen molar-refractivity contribution in [2.75, 3.05) is 11.9 Å². The van der Waals surface area contributed by atoms with Gasteiger partial charge in [0.15, 0.2) is 0 Å². The molecule has 1 N–H and O–H groups in total. The van der Waals surface area contributed by atoms with Crippen molar-refractivity contribution in [2.45, 2.75) is 27.7 Å². The molecule has 0 atom stereocenters. The van der Waals surface area contributed by atoms with Crippen LogP contribution in [0.15, 0.2) is 18.2 Å². The molecule has 0 radical (unpaired) electrons. The topological polar surface area (TPSA) is 50.7 Å². The molecule has 0 unspecified atom stereocenters. The first-order chi connectivity index (χ1) is 8.58. The van der Waals surface area contributed by atoms with E-state index in [1.807, 2.05) is 45.9 Å². The molecule has 0 aliphatic carbocycles. The largest absolute Gasteiger partial charge is 0.354 e. The van der Waals surface area contributed by atoms with Gasteiger partial charge in [0.05, 0.1) is 5.69 Å². The molecule has 0 aromatic carbocycles. The van der Waals surface area contributed by atoms with Gasteiger partial charge in [-0.05, 0) is 45.9 Å². The predicted molar refractivity (Wildman–Crippen MR) is 73.6 cm³/mol. The molecule has 2 aromatic rings. The second-order valence-electron chi connectivity index (χ2n) is 4.39. The van der Waals surface area contributed by atoms with Crippen LogP contribution < -0.4 is 5.32 Å². The van der Waals surface area contributed by atoms with Crippen LogP contribution in [0.2, 0.25) is 0 Å². The minimum absolute atomic E-state index is 0.680.